The lowest BCUT2D eigenvalue weighted by molar-refractivity contribution is 0.555. The van der Waals surface area contributed by atoms with E-state index in [1.807, 2.05) is 11.3 Å². The Kier molecular flexibility index (Phi) is 3.06. The van der Waals surface area contributed by atoms with Crippen molar-refractivity contribution in [2.45, 2.75) is 25.8 Å². The summed E-state index contributed by atoms with van der Waals surface area (Å²) in [5, 5.41) is 3.56. The van der Waals surface area contributed by atoms with Crippen LogP contribution in [0.4, 0.5) is 0 Å². The molecule has 3 heteroatoms. The van der Waals surface area contributed by atoms with Gasteiger partial charge < -0.3 is 5.32 Å². The van der Waals surface area contributed by atoms with Crippen molar-refractivity contribution in [3.05, 3.63) is 20.8 Å². The molecular formula is C10H14BrNS. The molecular weight excluding hydrogens is 246 g/mol. The van der Waals surface area contributed by atoms with Crippen LogP contribution in [0.5, 0.6) is 0 Å². The predicted octanol–water partition coefficient (Wildman–Crippen LogP) is 3.57. The van der Waals surface area contributed by atoms with Gasteiger partial charge in [-0.1, -0.05) is 0 Å². The van der Waals surface area contributed by atoms with E-state index >= 15 is 0 Å². The van der Waals surface area contributed by atoms with Gasteiger partial charge in [-0.05, 0) is 60.3 Å². The summed E-state index contributed by atoms with van der Waals surface area (Å²) in [5.74, 6) is 0.964. The molecule has 1 aliphatic carbocycles. The van der Waals surface area contributed by atoms with Crippen LogP contribution in [0.1, 0.15) is 30.7 Å². The highest BCUT2D eigenvalue weighted by Gasteiger charge is 2.21. The van der Waals surface area contributed by atoms with Gasteiger partial charge in [-0.25, -0.2) is 0 Å². The Morgan fingerprint density at radius 2 is 2.38 bits per heavy atom. The van der Waals surface area contributed by atoms with Crippen molar-refractivity contribution in [1.29, 1.82) is 0 Å². The molecule has 1 heterocycles. The maximum absolute atomic E-state index is 3.56. The average Bonchev–Trinajstić information content (AvgIpc) is 2.84. The van der Waals surface area contributed by atoms with Crippen molar-refractivity contribution < 1.29 is 0 Å². The van der Waals surface area contributed by atoms with Crippen LogP contribution in [0.3, 0.4) is 0 Å². The Morgan fingerprint density at radius 1 is 1.62 bits per heavy atom. The lowest BCUT2D eigenvalue weighted by Crippen LogP contribution is -2.20. The quantitative estimate of drug-likeness (QED) is 0.872. The van der Waals surface area contributed by atoms with Gasteiger partial charge in [-0.2, -0.15) is 0 Å². The van der Waals surface area contributed by atoms with Crippen LogP contribution in [0.2, 0.25) is 0 Å². The van der Waals surface area contributed by atoms with Crippen molar-refractivity contribution >= 4 is 27.3 Å². The maximum atomic E-state index is 3.56. The van der Waals surface area contributed by atoms with E-state index in [1.54, 1.807) is 0 Å². The second-order valence-electron chi connectivity index (χ2n) is 3.72. The SMILES string of the molecule is C[C@@H](NCC1CC1)c1ccc(Br)s1. The van der Waals surface area contributed by atoms with Crippen LogP contribution in [-0.4, -0.2) is 6.54 Å². The monoisotopic (exact) mass is 259 g/mol. The summed E-state index contributed by atoms with van der Waals surface area (Å²) >= 11 is 5.31. The summed E-state index contributed by atoms with van der Waals surface area (Å²) in [4.78, 5) is 1.42. The molecule has 1 nitrogen and oxygen atoms in total. The molecule has 1 saturated carbocycles. The summed E-state index contributed by atoms with van der Waals surface area (Å²) in [6.07, 6.45) is 2.85. The summed E-state index contributed by atoms with van der Waals surface area (Å²) in [6.45, 7) is 3.43. The number of hydrogen-bond acceptors (Lipinski definition) is 2. The van der Waals surface area contributed by atoms with Gasteiger partial charge in [0.1, 0.15) is 0 Å². The summed E-state index contributed by atoms with van der Waals surface area (Å²) in [5.41, 5.74) is 0. The van der Waals surface area contributed by atoms with Crippen molar-refractivity contribution in [3.63, 3.8) is 0 Å². The molecule has 0 amide bonds. The van der Waals surface area contributed by atoms with E-state index in [-0.39, 0.29) is 0 Å². The first kappa shape index (κ1) is 9.69. The van der Waals surface area contributed by atoms with Gasteiger partial charge in [-0.3, -0.25) is 0 Å². The fourth-order valence-electron chi connectivity index (χ4n) is 1.33. The third kappa shape index (κ3) is 2.79. The summed E-state index contributed by atoms with van der Waals surface area (Å²) in [7, 11) is 0. The Balaban J connectivity index is 1.84. The number of rotatable bonds is 4. The number of thiophene rings is 1. The lowest BCUT2D eigenvalue weighted by atomic mass is 10.2. The second-order valence-corrected chi connectivity index (χ2v) is 6.21. The molecule has 1 aliphatic rings. The second kappa shape index (κ2) is 4.11. The van der Waals surface area contributed by atoms with Crippen LogP contribution < -0.4 is 5.32 Å². The zero-order valence-corrected chi connectivity index (χ0v) is 10.1. The smallest absolute Gasteiger partial charge is 0.0701 e. The zero-order chi connectivity index (χ0) is 9.26. The van der Waals surface area contributed by atoms with E-state index in [0.29, 0.717) is 6.04 Å². The van der Waals surface area contributed by atoms with Crippen LogP contribution in [0.15, 0.2) is 15.9 Å². The first-order valence-corrected chi connectivity index (χ1v) is 6.35. The highest BCUT2D eigenvalue weighted by Crippen LogP contribution is 2.30. The molecule has 0 bridgehead atoms. The topological polar surface area (TPSA) is 12.0 Å². The minimum atomic E-state index is 0.511. The molecule has 0 radical (unpaired) electrons. The third-order valence-electron chi connectivity index (χ3n) is 2.43. The molecule has 0 aromatic carbocycles. The van der Waals surface area contributed by atoms with Gasteiger partial charge in [0.2, 0.25) is 0 Å². The van der Waals surface area contributed by atoms with Crippen LogP contribution in [0.25, 0.3) is 0 Å². The van der Waals surface area contributed by atoms with E-state index in [2.05, 4.69) is 40.3 Å². The fraction of sp³-hybridized carbons (Fsp3) is 0.600. The molecule has 13 heavy (non-hydrogen) atoms. The Hall–Kier alpha value is 0.140. The van der Waals surface area contributed by atoms with Gasteiger partial charge in [-0.15, -0.1) is 11.3 Å². The van der Waals surface area contributed by atoms with Crippen molar-refractivity contribution in [1.82, 2.24) is 5.32 Å². The molecule has 1 fully saturated rings. The van der Waals surface area contributed by atoms with Crippen LogP contribution in [-0.2, 0) is 0 Å². The molecule has 0 aliphatic heterocycles. The minimum absolute atomic E-state index is 0.511. The van der Waals surface area contributed by atoms with Crippen LogP contribution in [0, 0.1) is 5.92 Å². The van der Waals surface area contributed by atoms with Crippen molar-refractivity contribution in [2.24, 2.45) is 5.92 Å². The van der Waals surface area contributed by atoms with E-state index in [0.717, 1.165) is 5.92 Å². The summed E-state index contributed by atoms with van der Waals surface area (Å²) in [6, 6.07) is 4.83. The largest absolute Gasteiger partial charge is 0.309 e. The molecule has 0 spiro atoms. The Bertz CT molecular complexity index is 280. The minimum Gasteiger partial charge on any atom is -0.309 e. The maximum Gasteiger partial charge on any atom is 0.0701 e. The van der Waals surface area contributed by atoms with E-state index < -0.39 is 0 Å². The molecule has 1 aromatic heterocycles. The molecule has 0 saturated heterocycles. The van der Waals surface area contributed by atoms with Crippen molar-refractivity contribution in [3.8, 4) is 0 Å². The van der Waals surface area contributed by atoms with Gasteiger partial charge in [0.15, 0.2) is 0 Å². The van der Waals surface area contributed by atoms with Crippen LogP contribution >= 0.6 is 27.3 Å². The van der Waals surface area contributed by atoms with Crippen molar-refractivity contribution in [2.75, 3.05) is 6.54 Å². The fourth-order valence-corrected chi connectivity index (χ4v) is 2.78. The number of halogens is 1. The molecule has 2 rings (SSSR count). The molecule has 1 N–H and O–H groups in total. The molecule has 0 unspecified atom stereocenters. The number of hydrogen-bond donors (Lipinski definition) is 1. The number of nitrogens with one attached hydrogen (secondary N) is 1. The molecule has 1 atom stereocenters. The van der Waals surface area contributed by atoms with E-state index in [9.17, 15) is 0 Å². The summed E-state index contributed by atoms with van der Waals surface area (Å²) < 4.78 is 1.22. The zero-order valence-electron chi connectivity index (χ0n) is 7.72. The Labute approximate surface area is 91.7 Å². The molecule has 72 valence electrons. The highest BCUT2D eigenvalue weighted by molar-refractivity contribution is 9.11. The highest BCUT2D eigenvalue weighted by atomic mass is 79.9. The lowest BCUT2D eigenvalue weighted by Gasteiger charge is -2.10. The predicted molar refractivity (Wildman–Crippen MR) is 61.2 cm³/mol. The van der Waals surface area contributed by atoms with E-state index in [1.165, 1.54) is 28.0 Å². The molecule has 1 aromatic rings. The first-order chi connectivity index (χ1) is 6.25. The average molecular weight is 260 g/mol. The van der Waals surface area contributed by atoms with Gasteiger partial charge in [0, 0.05) is 10.9 Å². The first-order valence-electron chi connectivity index (χ1n) is 4.74. The van der Waals surface area contributed by atoms with Gasteiger partial charge in [0.05, 0.1) is 3.79 Å². The van der Waals surface area contributed by atoms with Gasteiger partial charge in [0.25, 0.3) is 0 Å². The Morgan fingerprint density at radius 3 is 2.92 bits per heavy atom. The van der Waals surface area contributed by atoms with E-state index in [4.69, 9.17) is 0 Å². The standard InChI is InChI=1S/C10H14BrNS/c1-7(12-6-8-2-3-8)9-4-5-10(11)13-9/h4-5,7-8,12H,2-3,6H2,1H3/t7-/m1/s1. The van der Waals surface area contributed by atoms with Gasteiger partial charge >= 0.3 is 0 Å². The third-order valence-corrected chi connectivity index (χ3v) is 4.24. The normalized spacial score (nSPS) is 18.9.